The number of carbonyl (C=O) groups excluding carboxylic acids is 1. The lowest BCUT2D eigenvalue weighted by Gasteiger charge is -2.08. The summed E-state index contributed by atoms with van der Waals surface area (Å²) in [4.78, 5) is 12.5. The van der Waals surface area contributed by atoms with E-state index in [0.717, 1.165) is 22.4 Å². The van der Waals surface area contributed by atoms with Crippen LogP contribution in [0.15, 0.2) is 41.6 Å². The average molecular weight is 352 g/mol. The number of aryl methyl sites for hydroxylation is 4. The fraction of sp³-hybridized carbons (Fsp3) is 0.263. The maximum atomic E-state index is 12.5. The Morgan fingerprint density at radius 3 is 2.52 bits per heavy atom. The molecule has 5 nitrogen and oxygen atoms in total. The van der Waals surface area contributed by atoms with Crippen molar-refractivity contribution in [3.63, 3.8) is 0 Å². The van der Waals surface area contributed by atoms with Crippen molar-refractivity contribution < 1.29 is 4.79 Å². The molecule has 0 aliphatic heterocycles. The Labute approximate surface area is 151 Å². The molecule has 0 fully saturated rings. The van der Waals surface area contributed by atoms with Gasteiger partial charge in [0.15, 0.2) is 5.78 Å². The molecule has 3 aromatic rings. The van der Waals surface area contributed by atoms with Gasteiger partial charge in [-0.2, -0.15) is 4.68 Å². The highest BCUT2D eigenvalue weighted by Crippen LogP contribution is 2.22. The standard InChI is InChI=1S/C19H20N4OS/c1-12-5-8-17(15(4)9-12)18(24)11-25-19-20-21-22-23(19)16-7-6-13(2)14(3)10-16/h5-10H,11H2,1-4H3. The molecule has 6 heteroatoms. The summed E-state index contributed by atoms with van der Waals surface area (Å²) in [7, 11) is 0. The topological polar surface area (TPSA) is 60.7 Å². The van der Waals surface area contributed by atoms with Crippen LogP contribution in [0.3, 0.4) is 0 Å². The fourth-order valence-electron chi connectivity index (χ4n) is 2.62. The smallest absolute Gasteiger partial charge is 0.214 e. The summed E-state index contributed by atoms with van der Waals surface area (Å²) < 4.78 is 1.67. The van der Waals surface area contributed by atoms with Gasteiger partial charge in [-0.25, -0.2) is 0 Å². The molecular weight excluding hydrogens is 332 g/mol. The molecule has 128 valence electrons. The molecule has 0 aliphatic rings. The first-order chi connectivity index (χ1) is 12.0. The molecular formula is C19H20N4OS. The lowest BCUT2D eigenvalue weighted by Crippen LogP contribution is -2.07. The van der Waals surface area contributed by atoms with Gasteiger partial charge in [0.25, 0.3) is 0 Å². The molecule has 1 heterocycles. The third-order valence-electron chi connectivity index (χ3n) is 4.19. The molecule has 0 saturated heterocycles. The SMILES string of the molecule is Cc1ccc(C(=O)CSc2nnnn2-c2ccc(C)c(C)c2)c(C)c1. The molecule has 0 radical (unpaired) electrons. The summed E-state index contributed by atoms with van der Waals surface area (Å²) in [5.41, 5.74) is 6.20. The minimum absolute atomic E-state index is 0.0807. The van der Waals surface area contributed by atoms with E-state index < -0.39 is 0 Å². The fourth-order valence-corrected chi connectivity index (χ4v) is 3.40. The molecule has 0 saturated carbocycles. The molecule has 2 aromatic carbocycles. The highest BCUT2D eigenvalue weighted by molar-refractivity contribution is 7.99. The van der Waals surface area contributed by atoms with Crippen molar-refractivity contribution in [2.75, 3.05) is 5.75 Å². The molecule has 1 aromatic heterocycles. The van der Waals surface area contributed by atoms with Crippen molar-refractivity contribution in [2.24, 2.45) is 0 Å². The third-order valence-corrected chi connectivity index (χ3v) is 5.11. The maximum absolute atomic E-state index is 12.5. The summed E-state index contributed by atoms with van der Waals surface area (Å²) in [5.74, 6) is 0.381. The maximum Gasteiger partial charge on any atom is 0.214 e. The van der Waals surface area contributed by atoms with Gasteiger partial charge in [0.2, 0.25) is 5.16 Å². The third kappa shape index (κ3) is 3.79. The van der Waals surface area contributed by atoms with E-state index in [1.54, 1.807) is 4.68 Å². The largest absolute Gasteiger partial charge is 0.293 e. The first-order valence-electron chi connectivity index (χ1n) is 8.05. The quantitative estimate of drug-likeness (QED) is 0.515. The van der Waals surface area contributed by atoms with Gasteiger partial charge in [-0.3, -0.25) is 4.79 Å². The lowest BCUT2D eigenvalue weighted by atomic mass is 10.0. The second-order valence-corrected chi connectivity index (χ2v) is 7.11. The van der Waals surface area contributed by atoms with Crippen molar-refractivity contribution in [3.05, 3.63) is 64.2 Å². The summed E-state index contributed by atoms with van der Waals surface area (Å²) in [6, 6.07) is 11.9. The van der Waals surface area contributed by atoms with Crippen LogP contribution in [-0.4, -0.2) is 31.7 Å². The van der Waals surface area contributed by atoms with Crippen molar-refractivity contribution in [1.82, 2.24) is 20.2 Å². The van der Waals surface area contributed by atoms with Crippen LogP contribution in [0.25, 0.3) is 5.69 Å². The molecule has 0 bridgehead atoms. The van der Waals surface area contributed by atoms with Crippen LogP contribution in [0.4, 0.5) is 0 Å². The van der Waals surface area contributed by atoms with Gasteiger partial charge in [0.1, 0.15) is 0 Å². The van der Waals surface area contributed by atoms with Crippen LogP contribution in [0.2, 0.25) is 0 Å². The molecule has 0 amide bonds. The number of benzene rings is 2. The molecule has 0 spiro atoms. The van der Waals surface area contributed by atoms with E-state index in [4.69, 9.17) is 0 Å². The van der Waals surface area contributed by atoms with E-state index in [-0.39, 0.29) is 5.78 Å². The molecule has 0 atom stereocenters. The van der Waals surface area contributed by atoms with E-state index in [0.29, 0.717) is 10.9 Å². The Hall–Kier alpha value is -2.47. The Kier molecular flexibility index (Phi) is 4.99. The predicted molar refractivity (Wildman–Crippen MR) is 99.6 cm³/mol. The number of aromatic nitrogens is 4. The van der Waals surface area contributed by atoms with Gasteiger partial charge in [-0.1, -0.05) is 41.6 Å². The number of hydrogen-bond acceptors (Lipinski definition) is 5. The molecule has 3 rings (SSSR count). The zero-order chi connectivity index (χ0) is 18.0. The number of rotatable bonds is 5. The van der Waals surface area contributed by atoms with E-state index in [1.807, 2.05) is 50.2 Å². The zero-order valence-electron chi connectivity index (χ0n) is 14.8. The van der Waals surface area contributed by atoms with Gasteiger partial charge in [-0.05, 0) is 66.9 Å². The second kappa shape index (κ2) is 7.19. The van der Waals surface area contributed by atoms with Gasteiger partial charge < -0.3 is 0 Å². The monoisotopic (exact) mass is 352 g/mol. The number of tetrazole rings is 1. The summed E-state index contributed by atoms with van der Waals surface area (Å²) in [5, 5.41) is 12.5. The van der Waals surface area contributed by atoms with Gasteiger partial charge >= 0.3 is 0 Å². The predicted octanol–water partition coefficient (Wildman–Crippen LogP) is 3.87. The molecule has 0 unspecified atom stereocenters. The number of hydrogen-bond donors (Lipinski definition) is 0. The Bertz CT molecular complexity index is 933. The van der Waals surface area contributed by atoms with E-state index in [2.05, 4.69) is 29.4 Å². The summed E-state index contributed by atoms with van der Waals surface area (Å²) >= 11 is 1.35. The highest BCUT2D eigenvalue weighted by Gasteiger charge is 2.14. The first-order valence-corrected chi connectivity index (χ1v) is 9.03. The average Bonchev–Trinajstić information content (AvgIpc) is 3.03. The van der Waals surface area contributed by atoms with E-state index in [9.17, 15) is 4.79 Å². The number of nitrogens with zero attached hydrogens (tertiary/aromatic N) is 4. The molecule has 0 aliphatic carbocycles. The van der Waals surface area contributed by atoms with Gasteiger partial charge in [0, 0.05) is 5.56 Å². The van der Waals surface area contributed by atoms with Crippen LogP contribution >= 0.6 is 11.8 Å². The van der Waals surface area contributed by atoms with Crippen LogP contribution in [0, 0.1) is 27.7 Å². The van der Waals surface area contributed by atoms with Gasteiger partial charge in [-0.15, -0.1) is 5.10 Å². The van der Waals surface area contributed by atoms with E-state index in [1.165, 1.54) is 22.9 Å². The van der Waals surface area contributed by atoms with Crippen LogP contribution in [0.5, 0.6) is 0 Å². The number of carbonyl (C=O) groups is 1. The van der Waals surface area contributed by atoms with E-state index >= 15 is 0 Å². The van der Waals surface area contributed by atoms with Crippen LogP contribution < -0.4 is 0 Å². The minimum Gasteiger partial charge on any atom is -0.293 e. The first kappa shape index (κ1) is 17.4. The second-order valence-electron chi connectivity index (χ2n) is 6.17. The molecule has 0 N–H and O–H groups in total. The van der Waals surface area contributed by atoms with Crippen molar-refractivity contribution >= 4 is 17.5 Å². The van der Waals surface area contributed by atoms with Gasteiger partial charge in [0.05, 0.1) is 11.4 Å². The number of ketones is 1. The Morgan fingerprint density at radius 2 is 1.80 bits per heavy atom. The summed E-state index contributed by atoms with van der Waals surface area (Å²) in [6.07, 6.45) is 0. The Morgan fingerprint density at radius 1 is 1.00 bits per heavy atom. The zero-order valence-corrected chi connectivity index (χ0v) is 15.6. The lowest BCUT2D eigenvalue weighted by molar-refractivity contribution is 0.102. The van der Waals surface area contributed by atoms with Crippen molar-refractivity contribution in [1.29, 1.82) is 0 Å². The summed E-state index contributed by atoms with van der Waals surface area (Å²) in [6.45, 7) is 8.11. The van der Waals surface area contributed by atoms with Crippen LogP contribution in [0.1, 0.15) is 32.6 Å². The molecule has 25 heavy (non-hydrogen) atoms. The van der Waals surface area contributed by atoms with Crippen LogP contribution in [-0.2, 0) is 0 Å². The highest BCUT2D eigenvalue weighted by atomic mass is 32.2. The Balaban J connectivity index is 1.77. The van der Waals surface area contributed by atoms with Crippen molar-refractivity contribution in [2.45, 2.75) is 32.9 Å². The normalized spacial score (nSPS) is 10.9. The number of Topliss-reactive ketones (excluding diaryl/α,β-unsaturated/α-hetero) is 1. The number of thioether (sulfide) groups is 1. The van der Waals surface area contributed by atoms with Crippen molar-refractivity contribution in [3.8, 4) is 5.69 Å². The minimum atomic E-state index is 0.0807.